The summed E-state index contributed by atoms with van der Waals surface area (Å²) in [4.78, 5) is 0. The molecule has 0 heterocycles. The van der Waals surface area contributed by atoms with Gasteiger partial charge in [-0.05, 0) is 35.3 Å². The van der Waals surface area contributed by atoms with E-state index in [0.717, 1.165) is 14.7 Å². The van der Waals surface area contributed by atoms with Gasteiger partial charge in [-0.1, -0.05) is 12.6 Å². The summed E-state index contributed by atoms with van der Waals surface area (Å²) in [5.41, 5.74) is 2.75. The molecule has 0 fully saturated rings. The molecule has 2 atom stereocenters. The van der Waals surface area contributed by atoms with Crippen LogP contribution in [0.3, 0.4) is 0 Å². The Hall–Kier alpha value is -0.150. The van der Waals surface area contributed by atoms with Crippen molar-refractivity contribution in [2.45, 2.75) is 20.8 Å². The van der Waals surface area contributed by atoms with Crippen LogP contribution in [-0.4, -0.2) is 43.9 Å². The third-order valence-electron chi connectivity index (χ3n) is 3.01. The van der Waals surface area contributed by atoms with Crippen molar-refractivity contribution in [1.29, 1.82) is 0 Å². The van der Waals surface area contributed by atoms with E-state index in [0.29, 0.717) is 7.92 Å². The maximum atomic E-state index is 5.23. The minimum Gasteiger partial charge on any atom is -0.339 e. The van der Waals surface area contributed by atoms with Gasteiger partial charge in [0.25, 0.3) is 0 Å². The van der Waals surface area contributed by atoms with Gasteiger partial charge >= 0.3 is 0 Å². The van der Waals surface area contributed by atoms with Crippen molar-refractivity contribution in [1.82, 2.24) is 0 Å². The van der Waals surface area contributed by atoms with Crippen molar-refractivity contribution < 1.29 is 0 Å². The number of rotatable bonds is 6. The smallest absolute Gasteiger partial charge is 0.0861 e. The third-order valence-corrected chi connectivity index (χ3v) is 11.8. The Labute approximate surface area is 108 Å². The molecule has 0 N–H and O–H groups in total. The fraction of sp³-hybridized carbons (Fsp3) is 0.769. The van der Waals surface area contributed by atoms with Gasteiger partial charge in [0.15, 0.2) is 0 Å². The van der Waals surface area contributed by atoms with Gasteiger partial charge in [-0.25, -0.2) is 0 Å². The van der Waals surface area contributed by atoms with Crippen LogP contribution in [0.15, 0.2) is 0 Å². The second-order valence-electron chi connectivity index (χ2n) is 4.13. The van der Waals surface area contributed by atoms with Crippen LogP contribution in [0, 0.1) is 19.0 Å². The van der Waals surface area contributed by atoms with Crippen molar-refractivity contribution in [2.75, 3.05) is 43.9 Å². The van der Waals surface area contributed by atoms with Gasteiger partial charge in [0.05, 0.1) is 18.2 Å². The first kappa shape index (κ1) is 22.1. The summed E-state index contributed by atoms with van der Waals surface area (Å²) in [5, 5.41) is 0. The fourth-order valence-electron chi connectivity index (χ4n) is 0.842. The topological polar surface area (TPSA) is 0 Å². The molecule has 0 nitrogen and oxygen atoms in total. The SMILES string of the molecule is C#CPC[P+](C)(CC)CC.[CH2-]CP(C)CC.[Rf]. The Bertz CT molecular complexity index is 182. The molecule has 17 heavy (non-hydrogen) atoms. The first-order valence-corrected chi connectivity index (χ1v) is 12.1. The van der Waals surface area contributed by atoms with Crippen molar-refractivity contribution in [3.63, 3.8) is 0 Å². The molecule has 2 unspecified atom stereocenters. The Morgan fingerprint density at radius 3 is 1.94 bits per heavy atom. The van der Waals surface area contributed by atoms with Gasteiger partial charge in [-0.3, -0.25) is 0 Å². The van der Waals surface area contributed by atoms with E-state index in [9.17, 15) is 0 Å². The molecule has 0 saturated carbocycles. The maximum absolute atomic E-state index is 5.23. The molecule has 0 aliphatic carbocycles. The normalized spacial score (nSPS) is 12.3. The van der Waals surface area contributed by atoms with Crippen LogP contribution < -0.4 is 0 Å². The van der Waals surface area contributed by atoms with Gasteiger partial charge in [-0.15, -0.1) is 14.3 Å². The minimum atomic E-state index is -0.578. The molecule has 0 aromatic carbocycles. The average Bonchev–Trinajstić information content (AvgIpc) is 2.35. The quantitative estimate of drug-likeness (QED) is 0.255. The van der Waals surface area contributed by atoms with E-state index in [1.807, 2.05) is 0 Å². The largest absolute Gasteiger partial charge is 0.339 e. The molecule has 0 spiro atoms. The summed E-state index contributed by atoms with van der Waals surface area (Å²) < 4.78 is 0. The van der Waals surface area contributed by atoms with Crippen LogP contribution in [-0.2, 0) is 0 Å². The molecule has 98 valence electrons. The van der Waals surface area contributed by atoms with Crippen molar-refractivity contribution >= 4 is 23.8 Å². The molecule has 0 rings (SSSR count). The molecule has 0 aliphatic heterocycles. The van der Waals surface area contributed by atoms with Crippen molar-refractivity contribution in [2.24, 2.45) is 0 Å². The van der Waals surface area contributed by atoms with E-state index in [-0.39, 0.29) is 0 Å². The zero-order valence-electron chi connectivity index (χ0n) is 12.4. The molecule has 0 bridgehead atoms. The van der Waals surface area contributed by atoms with Crippen LogP contribution in [0.4, 0.5) is 0 Å². The Morgan fingerprint density at radius 1 is 1.29 bits per heavy atom. The van der Waals surface area contributed by atoms with E-state index in [1.165, 1.54) is 24.4 Å². The second-order valence-corrected chi connectivity index (χ2v) is 13.3. The van der Waals surface area contributed by atoms with Crippen LogP contribution in [0.25, 0.3) is 0 Å². The molecular formula is C13H29P3Rf. The van der Waals surface area contributed by atoms with Gasteiger partial charge in [0.2, 0.25) is 0 Å². The van der Waals surface area contributed by atoms with Crippen LogP contribution in [0.1, 0.15) is 20.8 Å². The standard InChI is InChI=1S/C8H17P2.C5H12P.Rf/c1-5-9-8-10(4,6-2)7-3;1-4-6(3)5-2;/h1,9H,6-8H2,2-4H3;1,4-5H2,2-3H3;/q+1;-1;. The number of hydrogen-bond acceptors (Lipinski definition) is 0. The first-order chi connectivity index (χ1) is 7.49. The summed E-state index contributed by atoms with van der Waals surface area (Å²) in [6.45, 7) is 15.3. The average molecular weight is 545 g/mol. The molecule has 0 saturated heterocycles. The summed E-state index contributed by atoms with van der Waals surface area (Å²) in [5.74, 6) is 1.32. The maximum Gasteiger partial charge on any atom is 0.0861 e. The van der Waals surface area contributed by atoms with Crippen LogP contribution in [0.5, 0.6) is 0 Å². The molecule has 0 radical (unpaired) electrons. The van der Waals surface area contributed by atoms with Gasteiger partial charge in [0, 0.05) is 13.9 Å². The monoisotopic (exact) mass is 545 g/mol. The van der Waals surface area contributed by atoms with Crippen LogP contribution in [0.2, 0.25) is 0 Å². The fourth-order valence-corrected chi connectivity index (χ4v) is 5.29. The summed E-state index contributed by atoms with van der Waals surface area (Å²) in [7, 11) is 0.492. The van der Waals surface area contributed by atoms with E-state index < -0.39 is 7.26 Å². The third kappa shape index (κ3) is 13.8. The van der Waals surface area contributed by atoms with E-state index in [4.69, 9.17) is 6.42 Å². The summed E-state index contributed by atoms with van der Waals surface area (Å²) in [6, 6.07) is 0. The van der Waals surface area contributed by atoms with Gasteiger partial charge in [-0.2, -0.15) is 6.16 Å². The number of hydrogen-bond donors (Lipinski definition) is 0. The Morgan fingerprint density at radius 2 is 1.76 bits per heavy atom. The van der Waals surface area contributed by atoms with Crippen molar-refractivity contribution in [3.8, 4) is 12.1 Å². The second kappa shape index (κ2) is 13.9. The molecule has 0 aromatic rings. The van der Waals surface area contributed by atoms with E-state index >= 15 is 0 Å². The van der Waals surface area contributed by atoms with E-state index in [2.05, 4.69) is 46.7 Å². The first-order valence-electron chi connectivity index (χ1n) is 5.99. The molecule has 0 aromatic heterocycles. The zero-order valence-corrected chi connectivity index (χ0v) is 21.6. The Kier molecular flexibility index (Phi) is 18.1. The minimum absolute atomic E-state index is 0. The molecular weight excluding hydrogens is 516 g/mol. The van der Waals surface area contributed by atoms with Crippen LogP contribution >= 0.6 is 23.8 Å². The summed E-state index contributed by atoms with van der Waals surface area (Å²) >= 11 is 0. The van der Waals surface area contributed by atoms with E-state index in [1.54, 1.807) is 0 Å². The zero-order chi connectivity index (χ0) is 13.0. The van der Waals surface area contributed by atoms with Gasteiger partial charge in [0.1, 0.15) is 0 Å². The Balaban J connectivity index is -0.000000244. The molecule has 4 heteroatoms. The summed E-state index contributed by atoms with van der Waals surface area (Å²) in [6.07, 6.45) is 10.4. The van der Waals surface area contributed by atoms with Crippen molar-refractivity contribution in [3.05, 3.63) is 6.92 Å². The molecule has 0 aliphatic rings. The van der Waals surface area contributed by atoms with Gasteiger partial charge < -0.3 is 6.92 Å². The predicted octanol–water partition coefficient (Wildman–Crippen LogP) is 4.85. The predicted molar refractivity (Wildman–Crippen MR) is 89.6 cm³/mol. The number of terminal acetylenes is 1. The molecule has 0 amide bonds.